The fourth-order valence-electron chi connectivity index (χ4n) is 2.79. The Hall–Kier alpha value is -2.17. The molecule has 1 amide bonds. The number of hydrogen-bond donors (Lipinski definition) is 1. The minimum Gasteiger partial charge on any atom is -0.350 e. The average molecular weight is 371 g/mol. The Bertz CT molecular complexity index is 848. The number of carbonyl (C=O) groups is 1. The maximum Gasteiger partial charge on any atom is 0.221 e. The number of rotatable bonds is 6. The summed E-state index contributed by atoms with van der Waals surface area (Å²) in [6.07, 6.45) is 0.344. The lowest BCUT2D eigenvalue weighted by molar-refractivity contribution is -0.121. The van der Waals surface area contributed by atoms with E-state index >= 15 is 0 Å². The van der Waals surface area contributed by atoms with Gasteiger partial charge >= 0.3 is 0 Å². The normalized spacial score (nSPS) is 11.9. The number of thiazole rings is 1. The topological polar surface area (TPSA) is 42.0 Å². The van der Waals surface area contributed by atoms with Gasteiger partial charge < -0.3 is 5.32 Å². The molecule has 0 aliphatic carbocycles. The molecule has 1 N–H and O–H groups in total. The van der Waals surface area contributed by atoms with Crippen molar-refractivity contribution in [1.29, 1.82) is 0 Å². The van der Waals surface area contributed by atoms with Crippen LogP contribution in [0.1, 0.15) is 34.2 Å². The Morgan fingerprint density at radius 3 is 2.56 bits per heavy atom. The maximum absolute atomic E-state index is 12.5. The lowest BCUT2D eigenvalue weighted by Crippen LogP contribution is -2.25. The van der Waals surface area contributed by atoms with E-state index < -0.39 is 0 Å². The second-order valence-electron chi connectivity index (χ2n) is 5.82. The van der Waals surface area contributed by atoms with Gasteiger partial charge in [0.2, 0.25) is 5.91 Å². The molecule has 1 atom stereocenters. The van der Waals surface area contributed by atoms with E-state index in [0.29, 0.717) is 18.0 Å². The van der Waals surface area contributed by atoms with Gasteiger partial charge in [-0.15, -0.1) is 11.3 Å². The molecule has 0 aliphatic heterocycles. The summed E-state index contributed by atoms with van der Waals surface area (Å²) >= 11 is 7.97. The molecule has 1 heterocycles. The van der Waals surface area contributed by atoms with Gasteiger partial charge in [0.05, 0.1) is 17.2 Å². The Kier molecular flexibility index (Phi) is 5.84. The summed E-state index contributed by atoms with van der Waals surface area (Å²) < 4.78 is 0. The van der Waals surface area contributed by atoms with E-state index in [-0.39, 0.29) is 11.8 Å². The molecular weight excluding hydrogens is 352 g/mol. The van der Waals surface area contributed by atoms with Gasteiger partial charge in [0.1, 0.15) is 0 Å². The summed E-state index contributed by atoms with van der Waals surface area (Å²) in [6, 6.07) is 17.7. The third-order valence-corrected chi connectivity index (χ3v) is 5.17. The van der Waals surface area contributed by atoms with E-state index in [2.05, 4.69) is 10.3 Å². The zero-order valence-electron chi connectivity index (χ0n) is 13.9. The van der Waals surface area contributed by atoms with Crippen LogP contribution in [0.3, 0.4) is 0 Å². The number of amides is 1. The summed E-state index contributed by atoms with van der Waals surface area (Å²) in [4.78, 5) is 16.9. The van der Waals surface area contributed by atoms with Crippen molar-refractivity contribution in [2.45, 2.75) is 25.8 Å². The largest absolute Gasteiger partial charge is 0.350 e. The Labute approximate surface area is 156 Å². The van der Waals surface area contributed by atoms with Crippen molar-refractivity contribution in [2.75, 3.05) is 0 Å². The van der Waals surface area contributed by atoms with Crippen LogP contribution in [-0.2, 0) is 11.3 Å². The molecule has 0 aliphatic rings. The summed E-state index contributed by atoms with van der Waals surface area (Å²) in [5.74, 6) is -0.0912. The van der Waals surface area contributed by atoms with Crippen LogP contribution in [-0.4, -0.2) is 10.9 Å². The molecule has 3 nitrogen and oxygen atoms in total. The van der Waals surface area contributed by atoms with E-state index in [9.17, 15) is 4.79 Å². The predicted octanol–water partition coefficient (Wildman–Crippen LogP) is 4.94. The fraction of sp³-hybridized carbons (Fsp3) is 0.200. The molecule has 1 unspecified atom stereocenters. The van der Waals surface area contributed by atoms with Crippen LogP contribution < -0.4 is 5.32 Å². The highest BCUT2D eigenvalue weighted by Crippen LogP contribution is 2.32. The third kappa shape index (κ3) is 4.68. The van der Waals surface area contributed by atoms with Gasteiger partial charge in [-0.1, -0.05) is 60.1 Å². The van der Waals surface area contributed by atoms with Crippen LogP contribution in [0.4, 0.5) is 0 Å². The number of aromatic nitrogens is 1. The second-order valence-corrected chi connectivity index (χ2v) is 7.29. The first-order chi connectivity index (χ1) is 12.1. The van der Waals surface area contributed by atoms with Gasteiger partial charge in [0, 0.05) is 22.7 Å². The average Bonchev–Trinajstić information content (AvgIpc) is 3.05. The van der Waals surface area contributed by atoms with Crippen molar-refractivity contribution in [3.8, 4) is 0 Å². The van der Waals surface area contributed by atoms with Crippen LogP contribution in [0, 0.1) is 6.92 Å². The molecule has 0 bridgehead atoms. The molecule has 3 rings (SSSR count). The number of halogens is 1. The highest BCUT2D eigenvalue weighted by Gasteiger charge is 2.20. The summed E-state index contributed by atoms with van der Waals surface area (Å²) in [7, 11) is 0. The van der Waals surface area contributed by atoms with Crippen molar-refractivity contribution in [1.82, 2.24) is 10.3 Å². The molecule has 2 aromatic carbocycles. The first-order valence-electron chi connectivity index (χ1n) is 8.10. The smallest absolute Gasteiger partial charge is 0.221 e. The third-order valence-electron chi connectivity index (χ3n) is 4.01. The molecule has 0 saturated heterocycles. The van der Waals surface area contributed by atoms with Crippen molar-refractivity contribution in [3.05, 3.63) is 86.8 Å². The lowest BCUT2D eigenvalue weighted by Gasteiger charge is -2.19. The predicted molar refractivity (Wildman–Crippen MR) is 103 cm³/mol. The maximum atomic E-state index is 12.5. The van der Waals surface area contributed by atoms with E-state index in [0.717, 1.165) is 21.8 Å². The minimum atomic E-state index is -0.0768. The Balaban J connectivity index is 1.76. The van der Waals surface area contributed by atoms with E-state index in [1.54, 1.807) is 11.3 Å². The summed E-state index contributed by atoms with van der Waals surface area (Å²) in [6.45, 7) is 2.41. The van der Waals surface area contributed by atoms with E-state index in [1.165, 1.54) is 0 Å². The van der Waals surface area contributed by atoms with Gasteiger partial charge in [-0.25, -0.2) is 4.98 Å². The van der Waals surface area contributed by atoms with E-state index in [4.69, 9.17) is 11.6 Å². The van der Waals surface area contributed by atoms with Crippen LogP contribution >= 0.6 is 22.9 Å². The van der Waals surface area contributed by atoms with Crippen molar-refractivity contribution < 1.29 is 4.79 Å². The second kappa shape index (κ2) is 8.28. The monoisotopic (exact) mass is 370 g/mol. The first kappa shape index (κ1) is 17.6. The number of nitrogens with one attached hydrogen (secondary N) is 1. The number of carbonyl (C=O) groups excluding carboxylic acids is 1. The van der Waals surface area contributed by atoms with Crippen LogP contribution in [0.15, 0.2) is 60.0 Å². The number of hydrogen-bond acceptors (Lipinski definition) is 3. The van der Waals surface area contributed by atoms with Crippen LogP contribution in [0.5, 0.6) is 0 Å². The highest BCUT2D eigenvalue weighted by atomic mass is 35.5. The number of nitrogens with zero attached hydrogens (tertiary/aromatic N) is 1. The van der Waals surface area contributed by atoms with Gasteiger partial charge in [0.15, 0.2) is 0 Å². The summed E-state index contributed by atoms with van der Waals surface area (Å²) in [5.41, 5.74) is 2.94. The minimum absolute atomic E-state index is 0.0144. The highest BCUT2D eigenvalue weighted by molar-refractivity contribution is 7.09. The molecule has 25 heavy (non-hydrogen) atoms. The molecule has 0 fully saturated rings. The quantitative estimate of drug-likeness (QED) is 0.667. The standard InChI is InChI=1S/C20H19ClN2OS/c1-14-23-16(13-25-14)12-22-20(24)11-18(15-7-3-2-4-8-15)17-9-5-6-10-19(17)21/h2-10,13,18H,11-12H2,1H3,(H,22,24). The van der Waals surface area contributed by atoms with Crippen molar-refractivity contribution in [3.63, 3.8) is 0 Å². The molecule has 0 saturated carbocycles. The van der Waals surface area contributed by atoms with Gasteiger partial charge in [-0.3, -0.25) is 4.79 Å². The van der Waals surface area contributed by atoms with Gasteiger partial charge in [-0.2, -0.15) is 0 Å². The Morgan fingerprint density at radius 2 is 1.88 bits per heavy atom. The molecule has 0 radical (unpaired) electrons. The number of aryl methyl sites for hydroxylation is 1. The zero-order valence-corrected chi connectivity index (χ0v) is 15.5. The SMILES string of the molecule is Cc1nc(CNC(=O)CC(c2ccccc2)c2ccccc2Cl)cs1. The molecule has 0 spiro atoms. The molecule has 128 valence electrons. The molecule has 1 aromatic heterocycles. The van der Waals surface area contributed by atoms with Gasteiger partial charge in [0.25, 0.3) is 0 Å². The molecule has 3 aromatic rings. The number of benzene rings is 2. The fourth-order valence-corrected chi connectivity index (χ4v) is 3.67. The van der Waals surface area contributed by atoms with Crippen molar-refractivity contribution >= 4 is 28.8 Å². The molecular formula is C20H19ClN2OS. The lowest BCUT2D eigenvalue weighted by atomic mass is 9.88. The van der Waals surface area contributed by atoms with Crippen LogP contribution in [0.25, 0.3) is 0 Å². The Morgan fingerprint density at radius 1 is 1.16 bits per heavy atom. The van der Waals surface area contributed by atoms with Crippen LogP contribution in [0.2, 0.25) is 5.02 Å². The van der Waals surface area contributed by atoms with E-state index in [1.807, 2.05) is 66.9 Å². The summed E-state index contributed by atoms with van der Waals surface area (Å²) in [5, 5.41) is 6.62. The zero-order chi connectivity index (χ0) is 17.6. The van der Waals surface area contributed by atoms with Gasteiger partial charge in [-0.05, 0) is 24.1 Å². The van der Waals surface area contributed by atoms with Crippen molar-refractivity contribution in [2.24, 2.45) is 0 Å². The molecule has 5 heteroatoms. The first-order valence-corrected chi connectivity index (χ1v) is 9.36.